The van der Waals surface area contributed by atoms with Gasteiger partial charge in [-0.1, -0.05) is 6.07 Å². The van der Waals surface area contributed by atoms with Gasteiger partial charge in [0, 0.05) is 6.42 Å². The van der Waals surface area contributed by atoms with Crippen LogP contribution in [0.2, 0.25) is 0 Å². The number of carboxylic acids is 1. The number of hydrogen-bond donors (Lipinski definition) is 1. The monoisotopic (exact) mass is 286 g/mol. The van der Waals surface area contributed by atoms with Crippen LogP contribution in [-0.2, 0) is 21.1 Å². The topological polar surface area (TPSA) is 80.7 Å². The maximum Gasteiger partial charge on any atom is 0.303 e. The number of sulfone groups is 1. The van der Waals surface area contributed by atoms with Gasteiger partial charge in [0.05, 0.1) is 12.4 Å². The summed E-state index contributed by atoms with van der Waals surface area (Å²) in [5.74, 6) is -0.628. The molecule has 0 aliphatic rings. The summed E-state index contributed by atoms with van der Waals surface area (Å²) in [4.78, 5) is 10.7. The highest BCUT2D eigenvalue weighted by Gasteiger charge is 2.23. The molecular weight excluding hydrogens is 268 g/mol. The van der Waals surface area contributed by atoms with Gasteiger partial charge in [0.25, 0.3) is 0 Å². The van der Waals surface area contributed by atoms with Crippen molar-refractivity contribution in [1.29, 1.82) is 0 Å². The van der Waals surface area contributed by atoms with Gasteiger partial charge in [0.15, 0.2) is 9.84 Å². The Balaban J connectivity index is 3.21. The number of carbonyl (C=O) groups is 1. The lowest BCUT2D eigenvalue weighted by Crippen LogP contribution is -2.15. The second kappa shape index (κ2) is 6.06. The predicted octanol–water partition coefficient (Wildman–Crippen LogP) is 1.89. The Hall–Kier alpha value is -1.56. The quantitative estimate of drug-likeness (QED) is 0.863. The first kappa shape index (κ1) is 15.5. The van der Waals surface area contributed by atoms with Crippen LogP contribution in [0.25, 0.3) is 0 Å². The van der Waals surface area contributed by atoms with E-state index in [9.17, 15) is 13.2 Å². The van der Waals surface area contributed by atoms with Crippen LogP contribution < -0.4 is 4.74 Å². The fourth-order valence-electron chi connectivity index (χ4n) is 1.60. The van der Waals surface area contributed by atoms with E-state index in [1.807, 2.05) is 0 Å². The van der Waals surface area contributed by atoms with Crippen LogP contribution in [-0.4, -0.2) is 31.9 Å². The molecule has 5 nitrogen and oxygen atoms in total. The highest BCUT2D eigenvalue weighted by molar-refractivity contribution is 7.92. The van der Waals surface area contributed by atoms with E-state index in [-0.39, 0.29) is 17.1 Å². The van der Waals surface area contributed by atoms with Crippen molar-refractivity contribution in [2.75, 3.05) is 7.11 Å². The molecule has 0 unspecified atom stereocenters. The lowest BCUT2D eigenvalue weighted by molar-refractivity contribution is -0.136. The molecule has 1 N–H and O–H groups in total. The molecule has 0 amide bonds. The van der Waals surface area contributed by atoms with E-state index >= 15 is 0 Å². The Kier molecular flexibility index (Phi) is 4.94. The first-order chi connectivity index (χ1) is 8.78. The third-order valence-corrected chi connectivity index (χ3v) is 4.96. The van der Waals surface area contributed by atoms with Crippen LogP contribution in [0.4, 0.5) is 0 Å². The van der Waals surface area contributed by atoms with Crippen molar-refractivity contribution in [1.82, 2.24) is 0 Å². The lowest BCUT2D eigenvalue weighted by Gasteiger charge is -2.13. The van der Waals surface area contributed by atoms with Gasteiger partial charge in [-0.2, -0.15) is 0 Å². The average Bonchev–Trinajstić information content (AvgIpc) is 2.35. The van der Waals surface area contributed by atoms with E-state index in [1.165, 1.54) is 13.2 Å². The minimum Gasteiger partial charge on any atom is -0.495 e. The summed E-state index contributed by atoms with van der Waals surface area (Å²) in [6.07, 6.45) is 0.257. The van der Waals surface area contributed by atoms with E-state index in [0.29, 0.717) is 12.0 Å². The second-order valence-corrected chi connectivity index (χ2v) is 6.95. The number of carboxylic acid groups (broad SMARTS) is 1. The van der Waals surface area contributed by atoms with Gasteiger partial charge >= 0.3 is 5.97 Å². The van der Waals surface area contributed by atoms with Gasteiger partial charge in [0.1, 0.15) is 10.6 Å². The number of aryl methyl sites for hydroxylation is 1. The molecule has 0 heterocycles. The lowest BCUT2D eigenvalue weighted by atomic mass is 10.1. The number of ether oxygens (including phenoxy) is 1. The molecule has 0 aliphatic carbocycles. The molecule has 0 bridgehead atoms. The van der Waals surface area contributed by atoms with Crippen molar-refractivity contribution in [3.63, 3.8) is 0 Å². The van der Waals surface area contributed by atoms with Crippen LogP contribution in [0.1, 0.15) is 25.8 Å². The molecule has 0 radical (unpaired) electrons. The number of methoxy groups -OCH3 is 1. The summed E-state index contributed by atoms with van der Waals surface area (Å²) >= 11 is 0. The number of hydrogen-bond acceptors (Lipinski definition) is 4. The molecule has 0 atom stereocenters. The Bertz CT molecular complexity index is 560. The van der Waals surface area contributed by atoms with E-state index in [4.69, 9.17) is 9.84 Å². The van der Waals surface area contributed by atoms with Gasteiger partial charge in [0.2, 0.25) is 0 Å². The Morgan fingerprint density at radius 3 is 2.47 bits per heavy atom. The van der Waals surface area contributed by atoms with Gasteiger partial charge < -0.3 is 9.84 Å². The third-order valence-electron chi connectivity index (χ3n) is 2.78. The van der Waals surface area contributed by atoms with Crippen molar-refractivity contribution in [3.8, 4) is 5.75 Å². The van der Waals surface area contributed by atoms with Crippen molar-refractivity contribution < 1.29 is 23.1 Å². The molecule has 0 aliphatic heterocycles. The van der Waals surface area contributed by atoms with Crippen LogP contribution in [0.3, 0.4) is 0 Å². The fourth-order valence-corrected chi connectivity index (χ4v) is 2.86. The van der Waals surface area contributed by atoms with Crippen LogP contribution in [0.5, 0.6) is 5.75 Å². The zero-order valence-electron chi connectivity index (χ0n) is 11.2. The van der Waals surface area contributed by atoms with Crippen molar-refractivity contribution in [2.24, 2.45) is 0 Å². The summed E-state index contributed by atoms with van der Waals surface area (Å²) in [5, 5.41) is 8.09. The Morgan fingerprint density at radius 2 is 2.00 bits per heavy atom. The zero-order valence-corrected chi connectivity index (χ0v) is 12.0. The van der Waals surface area contributed by atoms with Crippen molar-refractivity contribution in [2.45, 2.75) is 36.8 Å². The highest BCUT2D eigenvalue weighted by Crippen LogP contribution is 2.28. The maximum absolute atomic E-state index is 12.2. The molecule has 0 fully saturated rings. The van der Waals surface area contributed by atoms with Crippen LogP contribution in [0, 0.1) is 0 Å². The first-order valence-corrected chi connectivity index (χ1v) is 7.46. The van der Waals surface area contributed by atoms with Crippen LogP contribution >= 0.6 is 0 Å². The number of aliphatic carboxylic acids is 1. The van der Waals surface area contributed by atoms with Gasteiger partial charge in [-0.25, -0.2) is 8.42 Å². The minimum atomic E-state index is -3.45. The second-order valence-electron chi connectivity index (χ2n) is 4.47. The van der Waals surface area contributed by atoms with Gasteiger partial charge in [-0.15, -0.1) is 0 Å². The number of benzene rings is 1. The fraction of sp³-hybridized carbons (Fsp3) is 0.462. The van der Waals surface area contributed by atoms with E-state index in [0.717, 1.165) is 0 Å². The summed E-state index contributed by atoms with van der Waals surface area (Å²) in [5.41, 5.74) is 0.669. The smallest absolute Gasteiger partial charge is 0.303 e. The van der Waals surface area contributed by atoms with Crippen molar-refractivity contribution >= 4 is 15.8 Å². The maximum atomic E-state index is 12.2. The third kappa shape index (κ3) is 3.70. The molecule has 1 rings (SSSR count). The molecule has 1 aromatic carbocycles. The largest absolute Gasteiger partial charge is 0.495 e. The summed E-state index contributed by atoms with van der Waals surface area (Å²) in [6.45, 7) is 3.19. The molecule has 1 aromatic rings. The van der Waals surface area contributed by atoms with Crippen LogP contribution in [0.15, 0.2) is 23.1 Å². The molecule has 6 heteroatoms. The molecule has 19 heavy (non-hydrogen) atoms. The molecule has 0 saturated heterocycles. The zero-order chi connectivity index (χ0) is 14.6. The summed E-state index contributed by atoms with van der Waals surface area (Å²) in [7, 11) is -2.04. The van der Waals surface area contributed by atoms with Crippen molar-refractivity contribution in [3.05, 3.63) is 23.8 Å². The summed E-state index contributed by atoms with van der Waals surface area (Å²) in [6, 6.07) is 4.74. The van der Waals surface area contributed by atoms with E-state index in [2.05, 4.69) is 0 Å². The Morgan fingerprint density at radius 1 is 1.37 bits per heavy atom. The molecule has 0 aromatic heterocycles. The average molecular weight is 286 g/mol. The first-order valence-electron chi connectivity index (χ1n) is 5.91. The van der Waals surface area contributed by atoms with Gasteiger partial charge in [-0.05, 0) is 38.0 Å². The van der Waals surface area contributed by atoms with E-state index in [1.54, 1.807) is 26.0 Å². The molecule has 0 spiro atoms. The standard InChI is InChI=1S/C13H18O5S/c1-9(2)19(16,17)12-8-10(5-7-13(14)15)4-6-11(12)18-3/h4,6,8-9H,5,7H2,1-3H3,(H,14,15). The molecule has 0 saturated carbocycles. The SMILES string of the molecule is COc1ccc(CCC(=O)O)cc1S(=O)(=O)C(C)C. The highest BCUT2D eigenvalue weighted by atomic mass is 32.2. The summed E-state index contributed by atoms with van der Waals surface area (Å²) < 4.78 is 29.5. The Labute approximate surface area is 113 Å². The predicted molar refractivity (Wildman–Crippen MR) is 71.3 cm³/mol. The molecular formula is C13H18O5S. The molecule has 106 valence electrons. The minimum absolute atomic E-state index is 0.0342. The van der Waals surface area contributed by atoms with Gasteiger partial charge in [-0.3, -0.25) is 4.79 Å². The van der Waals surface area contributed by atoms with E-state index < -0.39 is 21.1 Å². The number of rotatable bonds is 6. The normalized spacial score (nSPS) is 11.6.